The van der Waals surface area contributed by atoms with Gasteiger partial charge >= 0.3 is 6.18 Å². The van der Waals surface area contributed by atoms with Gasteiger partial charge in [0.05, 0.1) is 0 Å². The Balaban J connectivity index is 3.26. The summed E-state index contributed by atoms with van der Waals surface area (Å²) in [4.78, 5) is 0. The number of halogens is 4. The molecule has 1 unspecified atom stereocenters. The predicted octanol–water partition coefficient (Wildman–Crippen LogP) is 3.99. The first-order valence-electron chi connectivity index (χ1n) is 5.95. The van der Waals surface area contributed by atoms with Gasteiger partial charge < -0.3 is 0 Å². The van der Waals surface area contributed by atoms with Gasteiger partial charge in [0.2, 0.25) is 0 Å². The van der Waals surface area contributed by atoms with Crippen LogP contribution in [-0.2, 0) is 5.54 Å². The number of nitrogens with one attached hydrogen (secondary N) is 1. The third kappa shape index (κ3) is 2.83. The molecule has 5 heteroatoms. The maximum atomic E-state index is 13.3. The van der Waals surface area contributed by atoms with Crippen molar-refractivity contribution in [2.75, 3.05) is 6.54 Å². The zero-order valence-electron chi connectivity index (χ0n) is 10.4. The molecule has 0 fully saturated rings. The smallest absolute Gasteiger partial charge is 0.300 e. The lowest BCUT2D eigenvalue weighted by molar-refractivity contribution is -0.202. The molecule has 1 rings (SSSR count). The van der Waals surface area contributed by atoms with Crippen molar-refractivity contribution in [1.82, 2.24) is 5.32 Å². The van der Waals surface area contributed by atoms with E-state index in [0.717, 1.165) is 12.1 Å². The Morgan fingerprint density at radius 3 is 2.28 bits per heavy atom. The van der Waals surface area contributed by atoms with Crippen molar-refractivity contribution in [3.63, 3.8) is 0 Å². The highest BCUT2D eigenvalue weighted by Gasteiger charge is 2.54. The molecule has 0 saturated carbocycles. The third-order valence-electron chi connectivity index (χ3n) is 3.01. The van der Waals surface area contributed by atoms with Crippen molar-refractivity contribution in [2.24, 2.45) is 0 Å². The summed E-state index contributed by atoms with van der Waals surface area (Å²) in [7, 11) is 0. The molecule has 1 aromatic rings. The number of rotatable bonds is 5. The summed E-state index contributed by atoms with van der Waals surface area (Å²) in [5.74, 6) is -0.659. The van der Waals surface area contributed by atoms with Crippen molar-refractivity contribution < 1.29 is 17.6 Å². The molecule has 102 valence electrons. The molecule has 0 saturated heterocycles. The maximum absolute atomic E-state index is 13.3. The van der Waals surface area contributed by atoms with E-state index in [-0.39, 0.29) is 18.5 Å². The van der Waals surface area contributed by atoms with E-state index in [1.54, 1.807) is 6.92 Å². The van der Waals surface area contributed by atoms with Crippen LogP contribution in [-0.4, -0.2) is 12.7 Å². The van der Waals surface area contributed by atoms with Crippen LogP contribution in [0.1, 0.15) is 32.3 Å². The summed E-state index contributed by atoms with van der Waals surface area (Å²) in [6.07, 6.45) is -4.07. The summed E-state index contributed by atoms with van der Waals surface area (Å²) in [5.41, 5.74) is -2.25. The van der Waals surface area contributed by atoms with Gasteiger partial charge in [-0.3, -0.25) is 5.32 Å². The molecule has 18 heavy (non-hydrogen) atoms. The Morgan fingerprint density at radius 1 is 1.17 bits per heavy atom. The zero-order chi connectivity index (χ0) is 13.8. The second-order valence-corrected chi connectivity index (χ2v) is 4.19. The van der Waals surface area contributed by atoms with Crippen LogP contribution in [0.25, 0.3) is 0 Å². The van der Waals surface area contributed by atoms with Gasteiger partial charge in [-0.15, -0.1) is 0 Å². The van der Waals surface area contributed by atoms with Crippen LogP contribution >= 0.6 is 0 Å². The van der Waals surface area contributed by atoms with Gasteiger partial charge in [-0.2, -0.15) is 13.2 Å². The Labute approximate surface area is 104 Å². The van der Waals surface area contributed by atoms with Crippen LogP contribution in [0.2, 0.25) is 0 Å². The van der Waals surface area contributed by atoms with Gasteiger partial charge in [0.1, 0.15) is 11.4 Å². The molecule has 0 aromatic heterocycles. The first kappa shape index (κ1) is 15.0. The molecular formula is C13H17F4N. The molecule has 1 nitrogen and oxygen atoms in total. The van der Waals surface area contributed by atoms with Crippen molar-refractivity contribution >= 4 is 0 Å². The fourth-order valence-corrected chi connectivity index (χ4v) is 1.99. The summed E-state index contributed by atoms with van der Waals surface area (Å²) in [6.45, 7) is 3.46. The molecule has 1 atom stereocenters. The lowest BCUT2D eigenvalue weighted by Gasteiger charge is -2.36. The molecule has 0 aliphatic carbocycles. The summed E-state index contributed by atoms with van der Waals surface area (Å²) < 4.78 is 53.1. The molecule has 0 aliphatic heterocycles. The molecule has 0 radical (unpaired) electrons. The van der Waals surface area contributed by atoms with Crippen LogP contribution in [0, 0.1) is 5.82 Å². The monoisotopic (exact) mass is 263 g/mol. The highest BCUT2D eigenvalue weighted by molar-refractivity contribution is 5.27. The number of hydrogen-bond donors (Lipinski definition) is 1. The van der Waals surface area contributed by atoms with Crippen LogP contribution in [0.5, 0.6) is 0 Å². The second kappa shape index (κ2) is 5.69. The molecule has 0 bridgehead atoms. The van der Waals surface area contributed by atoms with E-state index in [4.69, 9.17) is 0 Å². The molecule has 1 N–H and O–H groups in total. The van der Waals surface area contributed by atoms with Gasteiger partial charge in [0.15, 0.2) is 0 Å². The van der Waals surface area contributed by atoms with Gasteiger partial charge in [-0.25, -0.2) is 4.39 Å². The van der Waals surface area contributed by atoms with E-state index in [0.29, 0.717) is 6.42 Å². The minimum absolute atomic E-state index is 0.0778. The number of benzene rings is 1. The normalized spacial score (nSPS) is 15.4. The van der Waals surface area contributed by atoms with Crippen molar-refractivity contribution in [3.8, 4) is 0 Å². The molecule has 0 aliphatic rings. The fourth-order valence-electron chi connectivity index (χ4n) is 1.99. The van der Waals surface area contributed by atoms with Gasteiger partial charge in [0, 0.05) is 0 Å². The molecule has 0 amide bonds. The largest absolute Gasteiger partial charge is 0.410 e. The fraction of sp³-hybridized carbons (Fsp3) is 0.538. The molecule has 0 heterocycles. The van der Waals surface area contributed by atoms with E-state index >= 15 is 0 Å². The first-order chi connectivity index (χ1) is 8.37. The molecular weight excluding hydrogens is 246 g/mol. The van der Waals surface area contributed by atoms with Crippen molar-refractivity contribution in [1.29, 1.82) is 0 Å². The van der Waals surface area contributed by atoms with E-state index < -0.39 is 17.5 Å². The van der Waals surface area contributed by atoms with Gasteiger partial charge in [-0.05, 0) is 37.1 Å². The SMILES string of the molecule is CCCNC(CC)(c1cccc(F)c1)C(F)(F)F. The topological polar surface area (TPSA) is 12.0 Å². The summed E-state index contributed by atoms with van der Waals surface area (Å²) in [6, 6.07) is 4.69. The lowest BCUT2D eigenvalue weighted by atomic mass is 9.86. The average molecular weight is 263 g/mol. The highest BCUT2D eigenvalue weighted by atomic mass is 19.4. The minimum Gasteiger partial charge on any atom is -0.300 e. The van der Waals surface area contributed by atoms with E-state index in [9.17, 15) is 17.6 Å². The predicted molar refractivity (Wildman–Crippen MR) is 62.7 cm³/mol. The Kier molecular flexibility index (Phi) is 4.73. The summed E-state index contributed by atoms with van der Waals surface area (Å²) >= 11 is 0. The van der Waals surface area contributed by atoms with Gasteiger partial charge in [0.25, 0.3) is 0 Å². The minimum atomic E-state index is -4.47. The average Bonchev–Trinajstić information content (AvgIpc) is 2.29. The van der Waals surface area contributed by atoms with Crippen LogP contribution < -0.4 is 5.32 Å². The standard InChI is InChI=1S/C13H17F4N/c1-3-8-18-12(4-2,13(15,16)17)10-6-5-7-11(14)9-10/h5-7,9,18H,3-4,8H2,1-2H3. The Hall–Kier alpha value is -1.10. The molecule has 0 spiro atoms. The third-order valence-corrected chi connectivity index (χ3v) is 3.01. The highest BCUT2D eigenvalue weighted by Crippen LogP contribution is 2.41. The lowest BCUT2D eigenvalue weighted by Crippen LogP contribution is -2.53. The van der Waals surface area contributed by atoms with Crippen molar-refractivity contribution in [3.05, 3.63) is 35.6 Å². The number of hydrogen-bond acceptors (Lipinski definition) is 1. The molecule has 1 aromatic carbocycles. The quantitative estimate of drug-likeness (QED) is 0.792. The van der Waals surface area contributed by atoms with Gasteiger partial charge in [-0.1, -0.05) is 26.0 Å². The Morgan fingerprint density at radius 2 is 1.83 bits per heavy atom. The first-order valence-corrected chi connectivity index (χ1v) is 5.95. The van der Waals surface area contributed by atoms with E-state index in [1.807, 2.05) is 0 Å². The zero-order valence-corrected chi connectivity index (χ0v) is 10.4. The van der Waals surface area contributed by atoms with Crippen LogP contribution in [0.15, 0.2) is 24.3 Å². The summed E-state index contributed by atoms with van der Waals surface area (Å²) in [5, 5.41) is 2.52. The van der Waals surface area contributed by atoms with Crippen molar-refractivity contribution in [2.45, 2.75) is 38.4 Å². The van der Waals surface area contributed by atoms with Crippen LogP contribution in [0.4, 0.5) is 17.6 Å². The van der Waals surface area contributed by atoms with Crippen LogP contribution in [0.3, 0.4) is 0 Å². The Bertz CT molecular complexity index is 389. The number of alkyl halides is 3. The van der Waals surface area contributed by atoms with E-state index in [1.165, 1.54) is 19.1 Å². The van der Waals surface area contributed by atoms with E-state index in [2.05, 4.69) is 5.32 Å². The maximum Gasteiger partial charge on any atom is 0.410 e. The second-order valence-electron chi connectivity index (χ2n) is 4.19.